The molecule has 0 spiro atoms. The van der Waals surface area contributed by atoms with Crippen molar-refractivity contribution in [3.05, 3.63) is 59.3 Å². The van der Waals surface area contributed by atoms with E-state index in [0.29, 0.717) is 23.8 Å². The first-order valence-corrected chi connectivity index (χ1v) is 7.47. The second-order valence-electron chi connectivity index (χ2n) is 5.76. The molecule has 2 N–H and O–H groups in total. The largest absolute Gasteiger partial charge is 0.467 e. The smallest absolute Gasteiger partial charge is 0.257 e. The van der Waals surface area contributed by atoms with E-state index in [0.717, 1.165) is 24.9 Å². The molecule has 1 aromatic heterocycles. The average Bonchev–Trinajstić information content (AvgIpc) is 3.21. The Morgan fingerprint density at radius 3 is 2.64 bits per heavy atom. The van der Waals surface area contributed by atoms with Crippen LogP contribution in [-0.4, -0.2) is 17.4 Å². The molecule has 22 heavy (non-hydrogen) atoms. The van der Waals surface area contributed by atoms with E-state index in [2.05, 4.69) is 0 Å². The zero-order valence-corrected chi connectivity index (χ0v) is 12.3. The van der Waals surface area contributed by atoms with E-state index < -0.39 is 0 Å². The Labute approximate surface area is 128 Å². The van der Waals surface area contributed by atoms with E-state index in [1.807, 2.05) is 0 Å². The molecule has 1 amide bonds. The summed E-state index contributed by atoms with van der Waals surface area (Å²) >= 11 is 0. The molecule has 0 saturated heterocycles. The lowest BCUT2D eigenvalue weighted by molar-refractivity contribution is 0.0734. The van der Waals surface area contributed by atoms with Gasteiger partial charge >= 0.3 is 0 Å². The topological polar surface area (TPSA) is 59.5 Å². The van der Waals surface area contributed by atoms with E-state index in [1.54, 1.807) is 23.1 Å². The van der Waals surface area contributed by atoms with Crippen molar-refractivity contribution in [1.29, 1.82) is 0 Å². The summed E-state index contributed by atoms with van der Waals surface area (Å²) in [4.78, 5) is 14.5. The number of benzene rings is 1. The molecule has 1 aliphatic carbocycles. The second-order valence-corrected chi connectivity index (χ2v) is 5.76. The first kappa shape index (κ1) is 14.8. The fourth-order valence-corrected chi connectivity index (χ4v) is 2.42. The number of carbonyl (C=O) groups is 1. The predicted octanol–water partition coefficient (Wildman–Crippen LogP) is 2.93. The summed E-state index contributed by atoms with van der Waals surface area (Å²) in [5, 5.41) is 0. The zero-order chi connectivity index (χ0) is 15.5. The van der Waals surface area contributed by atoms with E-state index in [1.165, 1.54) is 18.4 Å². The number of nitrogens with two attached hydrogens (primary N) is 1. The summed E-state index contributed by atoms with van der Waals surface area (Å²) in [7, 11) is 0. The highest BCUT2D eigenvalue weighted by Gasteiger charge is 2.28. The summed E-state index contributed by atoms with van der Waals surface area (Å²) in [6.07, 6.45) is 3.77. The molecule has 4 nitrogen and oxygen atoms in total. The SMILES string of the molecule is NCc1cc(C(=O)N(Cc2ccc(F)cc2)CC2CC2)co1. The molecule has 1 aliphatic rings. The van der Waals surface area contributed by atoms with Crippen LogP contribution in [0.5, 0.6) is 0 Å². The molecule has 0 unspecified atom stereocenters. The van der Waals surface area contributed by atoms with Crippen LogP contribution in [0.2, 0.25) is 0 Å². The van der Waals surface area contributed by atoms with Gasteiger partial charge in [-0.1, -0.05) is 12.1 Å². The van der Waals surface area contributed by atoms with Crippen molar-refractivity contribution >= 4 is 5.91 Å². The maximum absolute atomic E-state index is 13.0. The molecule has 0 atom stereocenters. The van der Waals surface area contributed by atoms with E-state index in [-0.39, 0.29) is 18.3 Å². The van der Waals surface area contributed by atoms with E-state index in [9.17, 15) is 9.18 Å². The van der Waals surface area contributed by atoms with Gasteiger partial charge in [0.25, 0.3) is 5.91 Å². The number of hydrogen-bond acceptors (Lipinski definition) is 3. The molecule has 5 heteroatoms. The summed E-state index contributed by atoms with van der Waals surface area (Å²) in [6.45, 7) is 1.46. The van der Waals surface area contributed by atoms with Gasteiger partial charge in [0.15, 0.2) is 0 Å². The Morgan fingerprint density at radius 1 is 1.32 bits per heavy atom. The molecule has 2 aromatic rings. The first-order valence-electron chi connectivity index (χ1n) is 7.47. The minimum absolute atomic E-state index is 0.0697. The highest BCUT2D eigenvalue weighted by atomic mass is 19.1. The zero-order valence-electron chi connectivity index (χ0n) is 12.3. The van der Waals surface area contributed by atoms with Crippen LogP contribution in [-0.2, 0) is 13.1 Å². The normalized spacial score (nSPS) is 14.1. The average molecular weight is 302 g/mol. The first-order chi connectivity index (χ1) is 10.7. The Morgan fingerprint density at radius 2 is 2.05 bits per heavy atom. The van der Waals surface area contributed by atoms with Crippen LogP contribution in [0.1, 0.15) is 34.5 Å². The fourth-order valence-electron chi connectivity index (χ4n) is 2.42. The van der Waals surface area contributed by atoms with Gasteiger partial charge in [0.2, 0.25) is 0 Å². The van der Waals surface area contributed by atoms with Crippen molar-refractivity contribution in [1.82, 2.24) is 4.90 Å². The number of nitrogens with zero attached hydrogens (tertiary/aromatic N) is 1. The molecular formula is C17H19FN2O2. The fraction of sp³-hybridized carbons (Fsp3) is 0.353. The molecule has 3 rings (SSSR count). The van der Waals surface area contributed by atoms with Crippen LogP contribution in [0.3, 0.4) is 0 Å². The molecule has 1 fully saturated rings. The molecule has 1 heterocycles. The molecule has 0 radical (unpaired) electrons. The van der Waals surface area contributed by atoms with Crippen LogP contribution in [0, 0.1) is 11.7 Å². The highest BCUT2D eigenvalue weighted by molar-refractivity contribution is 5.94. The summed E-state index contributed by atoms with van der Waals surface area (Å²) in [5.41, 5.74) is 6.95. The Hall–Kier alpha value is -2.14. The monoisotopic (exact) mass is 302 g/mol. The van der Waals surface area contributed by atoms with Crippen molar-refractivity contribution in [3.63, 3.8) is 0 Å². The van der Waals surface area contributed by atoms with Crippen LogP contribution in [0.4, 0.5) is 4.39 Å². The highest BCUT2D eigenvalue weighted by Crippen LogP contribution is 2.31. The van der Waals surface area contributed by atoms with Crippen molar-refractivity contribution in [2.45, 2.75) is 25.9 Å². The number of carbonyl (C=O) groups excluding carboxylic acids is 1. The number of furan rings is 1. The predicted molar refractivity (Wildman–Crippen MR) is 80.5 cm³/mol. The lowest BCUT2D eigenvalue weighted by atomic mass is 10.1. The van der Waals surface area contributed by atoms with Crippen molar-refractivity contribution in [2.75, 3.05) is 6.54 Å². The minimum Gasteiger partial charge on any atom is -0.467 e. The van der Waals surface area contributed by atoms with E-state index >= 15 is 0 Å². The minimum atomic E-state index is -0.272. The van der Waals surface area contributed by atoms with Gasteiger partial charge in [-0.2, -0.15) is 0 Å². The molecule has 116 valence electrons. The number of hydrogen-bond donors (Lipinski definition) is 1. The van der Waals surface area contributed by atoms with Gasteiger partial charge in [0.1, 0.15) is 17.8 Å². The van der Waals surface area contributed by atoms with Gasteiger partial charge in [0.05, 0.1) is 12.1 Å². The van der Waals surface area contributed by atoms with Gasteiger partial charge < -0.3 is 15.1 Å². The van der Waals surface area contributed by atoms with Gasteiger partial charge in [-0.25, -0.2) is 4.39 Å². The summed E-state index contributed by atoms with van der Waals surface area (Å²) in [5.74, 6) is 0.827. The quantitative estimate of drug-likeness (QED) is 0.892. The lowest BCUT2D eigenvalue weighted by Gasteiger charge is -2.22. The third kappa shape index (κ3) is 3.54. The molecule has 1 aromatic carbocycles. The van der Waals surface area contributed by atoms with Crippen LogP contribution < -0.4 is 5.73 Å². The molecular weight excluding hydrogens is 283 g/mol. The van der Waals surface area contributed by atoms with Gasteiger partial charge in [-0.15, -0.1) is 0 Å². The van der Waals surface area contributed by atoms with Crippen molar-refractivity contribution < 1.29 is 13.6 Å². The second kappa shape index (κ2) is 6.32. The van der Waals surface area contributed by atoms with Gasteiger partial charge in [0, 0.05) is 13.1 Å². The Bertz CT molecular complexity index is 647. The standard InChI is InChI=1S/C17H19FN2O2/c18-15-5-3-13(4-6-15)10-20(9-12-1-2-12)17(21)14-7-16(8-19)22-11-14/h3-7,11-12H,1-2,8-10,19H2. The Kier molecular flexibility index (Phi) is 4.24. The Balaban J connectivity index is 1.75. The molecule has 0 bridgehead atoms. The lowest BCUT2D eigenvalue weighted by Crippen LogP contribution is -2.32. The van der Waals surface area contributed by atoms with Crippen LogP contribution in [0.15, 0.2) is 41.0 Å². The van der Waals surface area contributed by atoms with Crippen molar-refractivity contribution in [2.24, 2.45) is 11.7 Å². The third-order valence-corrected chi connectivity index (χ3v) is 3.85. The third-order valence-electron chi connectivity index (χ3n) is 3.85. The van der Waals surface area contributed by atoms with Crippen molar-refractivity contribution in [3.8, 4) is 0 Å². The number of amides is 1. The molecule has 1 saturated carbocycles. The molecule has 0 aliphatic heterocycles. The van der Waals surface area contributed by atoms with E-state index in [4.69, 9.17) is 10.2 Å². The number of rotatable bonds is 6. The summed E-state index contributed by atoms with van der Waals surface area (Å²) < 4.78 is 18.3. The maximum Gasteiger partial charge on any atom is 0.257 e. The number of halogens is 1. The summed E-state index contributed by atoms with van der Waals surface area (Å²) in [6, 6.07) is 7.94. The van der Waals surface area contributed by atoms with Crippen LogP contribution in [0.25, 0.3) is 0 Å². The van der Waals surface area contributed by atoms with Gasteiger partial charge in [-0.05, 0) is 42.5 Å². The van der Waals surface area contributed by atoms with Crippen LogP contribution >= 0.6 is 0 Å². The van der Waals surface area contributed by atoms with Gasteiger partial charge in [-0.3, -0.25) is 4.79 Å². The maximum atomic E-state index is 13.0.